The van der Waals surface area contributed by atoms with Crippen LogP contribution in [0.3, 0.4) is 0 Å². The third-order valence-corrected chi connectivity index (χ3v) is 6.07. The van der Waals surface area contributed by atoms with E-state index in [9.17, 15) is 5.11 Å². The fourth-order valence-corrected chi connectivity index (χ4v) is 4.47. The van der Waals surface area contributed by atoms with Crippen LogP contribution < -0.4 is 9.30 Å². The number of aryl methyl sites for hydroxylation is 2. The van der Waals surface area contributed by atoms with E-state index in [1.807, 2.05) is 108 Å². The highest BCUT2D eigenvalue weighted by Gasteiger charge is 2.48. The number of hydrogen-bond acceptors (Lipinski definition) is 4. The first-order chi connectivity index (χ1) is 14.5. The predicted octanol–water partition coefficient (Wildman–Crippen LogP) is 3.98. The van der Waals surface area contributed by atoms with E-state index in [2.05, 4.69) is 0 Å². The molecule has 2 aromatic heterocycles. The van der Waals surface area contributed by atoms with Gasteiger partial charge in [0.25, 0.3) is 0 Å². The first-order valence-electron chi connectivity index (χ1n) is 9.60. The minimum Gasteiger partial charge on any atom is -0.497 e. The molecule has 2 heterocycles. The van der Waals surface area contributed by atoms with Crippen LogP contribution in [0.15, 0.2) is 89.5 Å². The fraction of sp³-hybridized carbons (Fsp3) is 0.167. The number of rotatable bonds is 6. The van der Waals surface area contributed by atoms with Gasteiger partial charge < -0.3 is 9.84 Å². The van der Waals surface area contributed by atoms with Gasteiger partial charge in [0.1, 0.15) is 18.1 Å². The van der Waals surface area contributed by atoms with Gasteiger partial charge in [-0.05, 0) is 47.8 Å². The molecule has 2 aromatic carbocycles. The van der Waals surface area contributed by atoms with Gasteiger partial charge in [-0.3, -0.25) is 0 Å². The number of aliphatic hydroxyl groups is 1. The Bertz CT molecular complexity index is 1130. The van der Waals surface area contributed by atoms with Gasteiger partial charge in [-0.15, -0.1) is 11.3 Å². The number of para-hydroxylation sites is 1. The van der Waals surface area contributed by atoms with Gasteiger partial charge in [-0.1, -0.05) is 24.3 Å². The van der Waals surface area contributed by atoms with Crippen molar-refractivity contribution in [3.8, 4) is 5.75 Å². The molecule has 0 bridgehead atoms. The number of methoxy groups -OCH3 is 1. The molecule has 0 aliphatic heterocycles. The van der Waals surface area contributed by atoms with Gasteiger partial charge in [-0.25, -0.2) is 14.1 Å². The van der Waals surface area contributed by atoms with E-state index in [1.165, 1.54) is 11.3 Å². The molecule has 30 heavy (non-hydrogen) atoms. The minimum atomic E-state index is -1.45. The van der Waals surface area contributed by atoms with E-state index < -0.39 is 5.60 Å². The molecule has 0 saturated carbocycles. The van der Waals surface area contributed by atoms with Crippen LogP contribution in [-0.4, -0.2) is 22.5 Å². The van der Waals surface area contributed by atoms with Crippen molar-refractivity contribution < 1.29 is 14.4 Å². The summed E-state index contributed by atoms with van der Waals surface area (Å²) in [7, 11) is 5.50. The summed E-state index contributed by atoms with van der Waals surface area (Å²) in [5.41, 5.74) is 0.689. The summed E-state index contributed by atoms with van der Waals surface area (Å²) in [4.78, 5) is 5.75. The lowest BCUT2D eigenvalue weighted by Gasteiger charge is -2.26. The highest BCUT2D eigenvalue weighted by atomic mass is 32.1. The van der Waals surface area contributed by atoms with Crippen LogP contribution in [-0.2, 0) is 19.7 Å². The number of benzene rings is 2. The van der Waals surface area contributed by atoms with Crippen LogP contribution in [0.25, 0.3) is 0 Å². The molecular formula is C24H24N3O2S+. The molecule has 1 atom stereocenters. The van der Waals surface area contributed by atoms with Crippen LogP contribution >= 0.6 is 11.3 Å². The summed E-state index contributed by atoms with van der Waals surface area (Å²) in [6, 6.07) is 21.2. The molecule has 1 N–H and O–H groups in total. The number of ether oxygens (including phenoxy) is 1. The normalized spacial score (nSPS) is 13.8. The Morgan fingerprint density at radius 2 is 1.80 bits per heavy atom. The minimum absolute atomic E-state index is 0.552. The molecule has 0 radical (unpaired) electrons. The zero-order chi connectivity index (χ0) is 21.1. The van der Waals surface area contributed by atoms with Crippen molar-refractivity contribution in [3.05, 3.63) is 101 Å². The van der Waals surface area contributed by atoms with Crippen molar-refractivity contribution in [3.63, 3.8) is 0 Å². The lowest BCUT2D eigenvalue weighted by molar-refractivity contribution is -0.683. The Morgan fingerprint density at radius 3 is 2.37 bits per heavy atom. The van der Waals surface area contributed by atoms with Gasteiger partial charge in [-0.2, -0.15) is 0 Å². The van der Waals surface area contributed by atoms with Gasteiger partial charge in [0.2, 0.25) is 5.60 Å². The highest BCUT2D eigenvalue weighted by Crippen LogP contribution is 2.36. The van der Waals surface area contributed by atoms with Crippen LogP contribution in [0.4, 0.5) is 5.69 Å². The van der Waals surface area contributed by atoms with Crippen molar-refractivity contribution >= 4 is 22.7 Å². The molecule has 4 rings (SSSR count). The highest BCUT2D eigenvalue weighted by molar-refractivity contribution is 7.10. The lowest BCUT2D eigenvalue weighted by Crippen LogP contribution is -2.48. The molecule has 0 fully saturated rings. The largest absolute Gasteiger partial charge is 0.497 e. The second-order valence-electron chi connectivity index (χ2n) is 7.06. The number of thiophene rings is 1. The summed E-state index contributed by atoms with van der Waals surface area (Å²) in [5.74, 6) is 1.47. The molecule has 0 aliphatic carbocycles. The summed E-state index contributed by atoms with van der Waals surface area (Å²) in [6.07, 6.45) is 3.87. The summed E-state index contributed by atoms with van der Waals surface area (Å²) >= 11 is 1.50. The third-order valence-electron chi connectivity index (χ3n) is 5.09. The van der Waals surface area contributed by atoms with Gasteiger partial charge in [0.05, 0.1) is 37.5 Å². The maximum atomic E-state index is 12.4. The average Bonchev–Trinajstić information content (AvgIpc) is 3.43. The Hall–Kier alpha value is -3.22. The topological polar surface area (TPSA) is 50.6 Å². The standard InChI is InChI=1S/C24H24N3O2S/c1-26-15-16-27(2)23(26)24(28,21-10-7-17-30-21)22(25-19-8-5-4-6-9-19)18-11-13-20(29-3)14-12-18/h4-17,28H,1-3H3/q+1. The molecule has 5 nitrogen and oxygen atoms in total. The Balaban J connectivity index is 2.02. The van der Waals surface area contributed by atoms with Crippen LogP contribution in [0.5, 0.6) is 5.75 Å². The molecule has 152 valence electrons. The molecule has 4 aromatic rings. The second kappa shape index (κ2) is 8.26. The van der Waals surface area contributed by atoms with E-state index in [4.69, 9.17) is 9.73 Å². The maximum Gasteiger partial charge on any atom is 0.300 e. The lowest BCUT2D eigenvalue weighted by atomic mass is 9.88. The van der Waals surface area contributed by atoms with Crippen LogP contribution in [0.2, 0.25) is 0 Å². The average molecular weight is 419 g/mol. The number of nitrogens with zero attached hydrogens (tertiary/aromatic N) is 3. The fourth-order valence-electron chi connectivity index (χ4n) is 3.65. The number of aromatic nitrogens is 2. The van der Waals surface area contributed by atoms with E-state index in [1.54, 1.807) is 7.11 Å². The van der Waals surface area contributed by atoms with Crippen molar-refractivity contribution in [2.45, 2.75) is 5.60 Å². The van der Waals surface area contributed by atoms with Crippen molar-refractivity contribution in [1.82, 2.24) is 4.57 Å². The third kappa shape index (κ3) is 3.56. The zero-order valence-corrected chi connectivity index (χ0v) is 18.0. The SMILES string of the molecule is COc1ccc(C(=Nc2ccccc2)C(O)(c2cccs2)c2n(C)cc[n+]2C)cc1. The predicted molar refractivity (Wildman–Crippen MR) is 120 cm³/mol. The molecule has 6 heteroatoms. The Kier molecular flexibility index (Phi) is 5.53. The van der Waals surface area contributed by atoms with Crippen LogP contribution in [0.1, 0.15) is 16.3 Å². The summed E-state index contributed by atoms with van der Waals surface area (Å²) in [5, 5.41) is 14.4. The molecule has 0 spiro atoms. The second-order valence-corrected chi connectivity index (χ2v) is 8.00. The Labute approximate surface area is 180 Å². The zero-order valence-electron chi connectivity index (χ0n) is 17.2. The number of imidazole rings is 1. The first kappa shape index (κ1) is 20.1. The Morgan fingerprint density at radius 1 is 1.07 bits per heavy atom. The molecule has 0 aliphatic rings. The van der Waals surface area contributed by atoms with Crippen molar-refractivity contribution in [2.24, 2.45) is 19.1 Å². The maximum absolute atomic E-state index is 12.4. The van der Waals surface area contributed by atoms with E-state index >= 15 is 0 Å². The first-order valence-corrected chi connectivity index (χ1v) is 10.5. The van der Waals surface area contributed by atoms with Gasteiger partial charge in [0.15, 0.2) is 0 Å². The van der Waals surface area contributed by atoms with Gasteiger partial charge >= 0.3 is 5.82 Å². The molecular weight excluding hydrogens is 394 g/mol. The van der Waals surface area contributed by atoms with Gasteiger partial charge in [0, 0.05) is 5.56 Å². The smallest absolute Gasteiger partial charge is 0.300 e. The molecule has 1 unspecified atom stereocenters. The summed E-state index contributed by atoms with van der Waals surface area (Å²) < 4.78 is 9.20. The van der Waals surface area contributed by atoms with E-state index in [-0.39, 0.29) is 0 Å². The quantitative estimate of drug-likeness (QED) is 0.380. The van der Waals surface area contributed by atoms with E-state index in [0.717, 1.165) is 27.7 Å². The van der Waals surface area contributed by atoms with E-state index in [0.29, 0.717) is 5.71 Å². The van der Waals surface area contributed by atoms with Crippen molar-refractivity contribution in [1.29, 1.82) is 0 Å². The number of aliphatic imine (C=N–C) groups is 1. The number of hydrogen-bond donors (Lipinski definition) is 1. The monoisotopic (exact) mass is 418 g/mol. The van der Waals surface area contributed by atoms with Crippen LogP contribution in [0, 0.1) is 0 Å². The molecule has 0 saturated heterocycles. The summed E-state index contributed by atoms with van der Waals surface area (Å²) in [6.45, 7) is 0. The van der Waals surface area contributed by atoms with Crippen molar-refractivity contribution in [2.75, 3.05) is 7.11 Å². The molecule has 0 amide bonds.